The Hall–Kier alpha value is -4.31. The normalized spacial score (nSPS) is 10.6. The van der Waals surface area contributed by atoms with E-state index >= 15 is 0 Å². The minimum atomic E-state index is -0.667. The van der Waals surface area contributed by atoms with Crippen molar-refractivity contribution in [2.45, 2.75) is 0 Å². The summed E-state index contributed by atoms with van der Waals surface area (Å²) in [6, 6.07) is 13.7. The van der Waals surface area contributed by atoms with Crippen molar-refractivity contribution in [2.75, 3.05) is 29.0 Å². The number of aromatic nitrogens is 2. The SMILES string of the molecule is NCCNc1cnc2ccc(Oc3ccc(NC(=O)Nc4ccc(F)cc4)cc3F)cc2n1. The first kappa shape index (κ1) is 21.9. The number of nitrogens with two attached hydrogens (primary N) is 1. The zero-order valence-electron chi connectivity index (χ0n) is 17.3. The summed E-state index contributed by atoms with van der Waals surface area (Å²) >= 11 is 0. The summed E-state index contributed by atoms with van der Waals surface area (Å²) in [7, 11) is 0. The quantitative estimate of drug-likeness (QED) is 0.324. The van der Waals surface area contributed by atoms with Crippen LogP contribution < -0.4 is 26.4 Å². The van der Waals surface area contributed by atoms with E-state index in [0.29, 0.717) is 41.4 Å². The van der Waals surface area contributed by atoms with Crippen molar-refractivity contribution < 1.29 is 18.3 Å². The fraction of sp³-hybridized carbons (Fsp3) is 0.0870. The summed E-state index contributed by atoms with van der Waals surface area (Å²) in [6.45, 7) is 1.02. The number of ether oxygens (including phenoxy) is 1. The Kier molecular flexibility index (Phi) is 6.56. The number of hydrogen-bond donors (Lipinski definition) is 4. The predicted octanol–water partition coefficient (Wildman–Crippen LogP) is 4.71. The lowest BCUT2D eigenvalue weighted by atomic mass is 10.2. The highest BCUT2D eigenvalue weighted by Gasteiger charge is 2.10. The highest BCUT2D eigenvalue weighted by atomic mass is 19.1. The second kappa shape index (κ2) is 9.88. The Morgan fingerprint density at radius 2 is 1.70 bits per heavy atom. The van der Waals surface area contributed by atoms with E-state index in [1.165, 1.54) is 36.4 Å². The minimum absolute atomic E-state index is 0.0239. The zero-order valence-corrected chi connectivity index (χ0v) is 17.3. The van der Waals surface area contributed by atoms with Gasteiger partial charge in [-0.2, -0.15) is 0 Å². The van der Waals surface area contributed by atoms with Crippen molar-refractivity contribution in [1.82, 2.24) is 9.97 Å². The second-order valence-corrected chi connectivity index (χ2v) is 6.95. The molecule has 0 fully saturated rings. The van der Waals surface area contributed by atoms with Crippen LogP contribution >= 0.6 is 0 Å². The van der Waals surface area contributed by atoms with Crippen molar-refractivity contribution in [3.63, 3.8) is 0 Å². The van der Waals surface area contributed by atoms with Gasteiger partial charge in [0.05, 0.1) is 17.2 Å². The number of hydrogen-bond acceptors (Lipinski definition) is 6. The summed E-state index contributed by atoms with van der Waals surface area (Å²) in [5.74, 6) is -0.156. The zero-order chi connectivity index (χ0) is 23.2. The highest BCUT2D eigenvalue weighted by Crippen LogP contribution is 2.28. The maximum atomic E-state index is 14.6. The van der Waals surface area contributed by atoms with Crippen LogP contribution in [0.25, 0.3) is 11.0 Å². The third-order valence-corrected chi connectivity index (χ3v) is 4.48. The van der Waals surface area contributed by atoms with Crippen molar-refractivity contribution in [2.24, 2.45) is 5.73 Å². The van der Waals surface area contributed by atoms with E-state index in [1.54, 1.807) is 24.4 Å². The van der Waals surface area contributed by atoms with Gasteiger partial charge in [0.2, 0.25) is 0 Å². The third kappa shape index (κ3) is 5.69. The number of benzene rings is 3. The van der Waals surface area contributed by atoms with E-state index in [9.17, 15) is 13.6 Å². The molecular weight excluding hydrogens is 430 g/mol. The number of fused-ring (bicyclic) bond motifs is 1. The van der Waals surface area contributed by atoms with Gasteiger partial charge in [-0.1, -0.05) is 0 Å². The number of nitrogens with zero attached hydrogens (tertiary/aromatic N) is 2. The molecule has 0 spiro atoms. The van der Waals surface area contributed by atoms with Gasteiger partial charge in [0.1, 0.15) is 17.4 Å². The van der Waals surface area contributed by atoms with Gasteiger partial charge in [0.15, 0.2) is 11.6 Å². The Bertz CT molecular complexity index is 1280. The number of carbonyl (C=O) groups is 1. The number of urea groups is 1. The third-order valence-electron chi connectivity index (χ3n) is 4.48. The number of halogens is 2. The van der Waals surface area contributed by atoms with Gasteiger partial charge >= 0.3 is 6.03 Å². The molecule has 0 aliphatic heterocycles. The van der Waals surface area contributed by atoms with Crippen LogP contribution in [0.1, 0.15) is 0 Å². The average Bonchev–Trinajstić information content (AvgIpc) is 2.80. The molecule has 5 N–H and O–H groups in total. The fourth-order valence-corrected chi connectivity index (χ4v) is 2.96. The standard InChI is InChI=1S/C23H20F2N6O2/c24-14-1-3-15(4-2-14)29-23(32)30-16-5-8-21(18(25)11-16)33-17-6-7-19-20(12-17)31-22(13-28-19)27-10-9-26/h1-8,11-13H,9-10,26H2,(H,27,31)(H2,29,30,32). The summed E-state index contributed by atoms with van der Waals surface area (Å²) in [5.41, 5.74) is 7.34. The molecule has 0 saturated carbocycles. The summed E-state index contributed by atoms with van der Waals surface area (Å²) in [4.78, 5) is 20.8. The molecule has 0 saturated heterocycles. The molecule has 0 aliphatic carbocycles. The summed E-state index contributed by atoms with van der Waals surface area (Å²) < 4.78 is 33.2. The summed E-state index contributed by atoms with van der Waals surface area (Å²) in [6.07, 6.45) is 1.61. The van der Waals surface area contributed by atoms with E-state index in [4.69, 9.17) is 10.5 Å². The van der Waals surface area contributed by atoms with Crippen LogP contribution in [0.2, 0.25) is 0 Å². The van der Waals surface area contributed by atoms with Crippen LogP contribution in [0.3, 0.4) is 0 Å². The van der Waals surface area contributed by atoms with Crippen molar-refractivity contribution in [3.8, 4) is 11.5 Å². The molecule has 10 heteroatoms. The molecule has 0 atom stereocenters. The van der Waals surface area contributed by atoms with E-state index < -0.39 is 17.7 Å². The van der Waals surface area contributed by atoms with Gasteiger partial charge in [0.25, 0.3) is 0 Å². The molecule has 168 valence electrons. The maximum Gasteiger partial charge on any atom is 0.323 e. The molecule has 1 heterocycles. The number of anilines is 3. The van der Waals surface area contributed by atoms with Crippen LogP contribution in [-0.4, -0.2) is 29.1 Å². The Labute approximate surface area is 187 Å². The molecule has 4 aromatic rings. The molecular formula is C23H20F2N6O2. The number of carbonyl (C=O) groups excluding carboxylic acids is 1. The molecule has 0 radical (unpaired) electrons. The first-order chi connectivity index (χ1) is 16.0. The molecule has 8 nitrogen and oxygen atoms in total. The number of nitrogens with one attached hydrogen (secondary N) is 3. The van der Waals surface area contributed by atoms with Gasteiger partial charge in [-0.15, -0.1) is 0 Å². The van der Waals surface area contributed by atoms with Crippen molar-refractivity contribution >= 4 is 34.3 Å². The molecule has 33 heavy (non-hydrogen) atoms. The largest absolute Gasteiger partial charge is 0.454 e. The molecule has 0 aliphatic rings. The molecule has 4 rings (SSSR count). The molecule has 0 bridgehead atoms. The summed E-state index contributed by atoms with van der Waals surface area (Å²) in [5, 5.41) is 8.09. The van der Waals surface area contributed by atoms with E-state index in [1.807, 2.05) is 0 Å². The minimum Gasteiger partial charge on any atom is -0.454 e. The first-order valence-corrected chi connectivity index (χ1v) is 10.0. The highest BCUT2D eigenvalue weighted by molar-refractivity contribution is 5.99. The number of rotatable bonds is 7. The van der Waals surface area contributed by atoms with Crippen LogP contribution in [-0.2, 0) is 0 Å². The van der Waals surface area contributed by atoms with Crippen molar-refractivity contribution in [3.05, 3.63) is 78.5 Å². The van der Waals surface area contributed by atoms with Gasteiger partial charge in [-0.3, -0.25) is 4.98 Å². The van der Waals surface area contributed by atoms with E-state index in [2.05, 4.69) is 25.9 Å². The topological polar surface area (TPSA) is 114 Å². The lowest BCUT2D eigenvalue weighted by Gasteiger charge is -2.11. The smallest absolute Gasteiger partial charge is 0.323 e. The lowest BCUT2D eigenvalue weighted by Crippen LogP contribution is -2.19. The van der Waals surface area contributed by atoms with Crippen LogP contribution in [0, 0.1) is 11.6 Å². The molecule has 0 unspecified atom stereocenters. The van der Waals surface area contributed by atoms with Crippen molar-refractivity contribution in [1.29, 1.82) is 0 Å². The lowest BCUT2D eigenvalue weighted by molar-refractivity contribution is 0.262. The van der Waals surface area contributed by atoms with Gasteiger partial charge in [-0.05, 0) is 48.5 Å². The molecule has 2 amide bonds. The monoisotopic (exact) mass is 450 g/mol. The van der Waals surface area contributed by atoms with Gasteiger partial charge in [-0.25, -0.2) is 18.6 Å². The van der Waals surface area contributed by atoms with Crippen LogP contribution in [0.15, 0.2) is 66.9 Å². The Balaban J connectivity index is 1.43. The van der Waals surface area contributed by atoms with E-state index in [-0.39, 0.29) is 11.4 Å². The molecule has 1 aromatic heterocycles. The van der Waals surface area contributed by atoms with Gasteiger partial charge < -0.3 is 26.4 Å². The average molecular weight is 450 g/mol. The molecule has 3 aromatic carbocycles. The first-order valence-electron chi connectivity index (χ1n) is 10.0. The van der Waals surface area contributed by atoms with Crippen LogP contribution in [0.5, 0.6) is 11.5 Å². The second-order valence-electron chi connectivity index (χ2n) is 6.95. The fourth-order valence-electron chi connectivity index (χ4n) is 2.96. The van der Waals surface area contributed by atoms with Gasteiger partial charge in [0, 0.05) is 36.6 Å². The van der Waals surface area contributed by atoms with E-state index in [0.717, 1.165) is 6.07 Å². The predicted molar refractivity (Wildman–Crippen MR) is 123 cm³/mol. The Morgan fingerprint density at radius 1 is 0.939 bits per heavy atom. The number of amides is 2. The van der Waals surface area contributed by atoms with Crippen LogP contribution in [0.4, 0.5) is 30.8 Å². The Morgan fingerprint density at radius 3 is 2.45 bits per heavy atom. The maximum absolute atomic E-state index is 14.6.